The van der Waals surface area contributed by atoms with Gasteiger partial charge >= 0.3 is 11.6 Å². The van der Waals surface area contributed by atoms with Crippen LogP contribution in [0, 0.1) is 0 Å². The Bertz CT molecular complexity index is 1620. The van der Waals surface area contributed by atoms with Gasteiger partial charge in [-0.1, -0.05) is 42.5 Å². The first-order valence-electron chi connectivity index (χ1n) is 10.1. The summed E-state index contributed by atoms with van der Waals surface area (Å²) in [5.74, 6) is -0.570. The summed E-state index contributed by atoms with van der Waals surface area (Å²) < 4.78 is 37.6. The number of nitrogens with one attached hydrogen (secondary N) is 1. The summed E-state index contributed by atoms with van der Waals surface area (Å²) in [6.07, 6.45) is 0. The number of hydrogen-bond donors (Lipinski definition) is 1. The summed E-state index contributed by atoms with van der Waals surface area (Å²) >= 11 is 0. The number of carbonyl (C=O) groups is 1. The molecule has 0 amide bonds. The van der Waals surface area contributed by atoms with Crippen LogP contribution in [0.3, 0.4) is 0 Å². The number of fused-ring (bicyclic) bond motifs is 4. The average Bonchev–Trinajstić information content (AvgIpc) is 3.06. The van der Waals surface area contributed by atoms with Crippen LogP contribution in [0.2, 0.25) is 0 Å². The van der Waals surface area contributed by atoms with Crippen LogP contribution < -0.4 is 10.3 Å². The number of aliphatic imine (C=N–C) groups is 1. The Morgan fingerprint density at radius 2 is 1.85 bits per heavy atom. The number of sulfonamides is 1. The number of esters is 1. The van der Waals surface area contributed by atoms with Crippen LogP contribution in [0.4, 0.5) is 0 Å². The number of ether oxygens (including phenoxy) is 1. The zero-order chi connectivity index (χ0) is 23.2. The average molecular weight is 462 g/mol. The van der Waals surface area contributed by atoms with Gasteiger partial charge < -0.3 is 9.15 Å². The van der Waals surface area contributed by atoms with Crippen LogP contribution >= 0.6 is 0 Å². The van der Waals surface area contributed by atoms with E-state index in [2.05, 4.69) is 9.71 Å². The van der Waals surface area contributed by atoms with Crippen molar-refractivity contribution in [2.45, 2.75) is 24.5 Å². The standard InChI is InChI=1S/C24H18N2O6S/c1-14(25-23-18-8-4-5-9-20(18)33(29,30)26-23)24(28)31-13-16-12-21(27)32-19-11-10-15-6-2-3-7-17(15)22(16)19/h2-12,14H,13H2,1H3,(H,25,26)/t14-/m1/s1. The van der Waals surface area contributed by atoms with Crippen molar-refractivity contribution in [3.63, 3.8) is 0 Å². The quantitative estimate of drug-likeness (QED) is 0.283. The molecule has 5 rings (SSSR count). The molecule has 0 unspecified atom stereocenters. The Balaban J connectivity index is 1.43. The van der Waals surface area contributed by atoms with Crippen molar-refractivity contribution in [1.82, 2.24) is 4.72 Å². The van der Waals surface area contributed by atoms with Crippen molar-refractivity contribution in [3.8, 4) is 0 Å². The van der Waals surface area contributed by atoms with Gasteiger partial charge in [0.15, 0.2) is 0 Å². The molecule has 2 heterocycles. The van der Waals surface area contributed by atoms with Gasteiger partial charge in [0.25, 0.3) is 10.0 Å². The van der Waals surface area contributed by atoms with E-state index in [4.69, 9.17) is 9.15 Å². The van der Waals surface area contributed by atoms with E-state index in [1.807, 2.05) is 30.3 Å². The number of amidine groups is 1. The lowest BCUT2D eigenvalue weighted by Crippen LogP contribution is -2.26. The predicted octanol–water partition coefficient (Wildman–Crippen LogP) is 3.12. The fraction of sp³-hybridized carbons (Fsp3) is 0.125. The molecule has 166 valence electrons. The summed E-state index contributed by atoms with van der Waals surface area (Å²) in [4.78, 5) is 29.0. The van der Waals surface area contributed by atoms with Gasteiger partial charge in [0, 0.05) is 22.6 Å². The van der Waals surface area contributed by atoms with E-state index in [0.29, 0.717) is 22.1 Å². The molecule has 3 aromatic carbocycles. The molecule has 1 aliphatic heterocycles. The number of benzene rings is 3. The molecule has 1 aromatic heterocycles. The highest BCUT2D eigenvalue weighted by Gasteiger charge is 2.31. The van der Waals surface area contributed by atoms with Crippen LogP contribution in [0.15, 0.2) is 85.8 Å². The van der Waals surface area contributed by atoms with E-state index in [0.717, 1.165) is 10.8 Å². The van der Waals surface area contributed by atoms with Gasteiger partial charge in [-0.25, -0.2) is 18.0 Å². The Morgan fingerprint density at radius 1 is 1.09 bits per heavy atom. The van der Waals surface area contributed by atoms with Gasteiger partial charge in [0.05, 0.1) is 4.90 Å². The lowest BCUT2D eigenvalue weighted by molar-refractivity contribution is -0.145. The summed E-state index contributed by atoms with van der Waals surface area (Å²) in [7, 11) is -3.71. The molecule has 0 radical (unpaired) electrons. The smallest absolute Gasteiger partial charge is 0.336 e. The van der Waals surface area contributed by atoms with Gasteiger partial charge in [-0.2, -0.15) is 0 Å². The van der Waals surface area contributed by atoms with Crippen molar-refractivity contribution in [2.24, 2.45) is 4.99 Å². The van der Waals surface area contributed by atoms with Crippen molar-refractivity contribution in [1.29, 1.82) is 0 Å². The first-order valence-corrected chi connectivity index (χ1v) is 11.6. The van der Waals surface area contributed by atoms with E-state index in [-0.39, 0.29) is 17.3 Å². The summed E-state index contributed by atoms with van der Waals surface area (Å²) in [5.41, 5.74) is 0.764. The van der Waals surface area contributed by atoms with Gasteiger partial charge in [0.2, 0.25) is 0 Å². The third kappa shape index (κ3) is 3.76. The van der Waals surface area contributed by atoms with Crippen LogP contribution in [0.25, 0.3) is 21.7 Å². The van der Waals surface area contributed by atoms with Gasteiger partial charge in [0.1, 0.15) is 24.1 Å². The topological polar surface area (TPSA) is 115 Å². The molecule has 1 atom stereocenters. The molecule has 0 aliphatic carbocycles. The van der Waals surface area contributed by atoms with Crippen molar-refractivity contribution in [3.05, 3.63) is 88.3 Å². The molecule has 0 saturated carbocycles. The molecule has 0 fully saturated rings. The zero-order valence-electron chi connectivity index (χ0n) is 17.4. The molecule has 1 aliphatic rings. The largest absolute Gasteiger partial charge is 0.459 e. The van der Waals surface area contributed by atoms with E-state index >= 15 is 0 Å². The summed E-state index contributed by atoms with van der Waals surface area (Å²) in [6.45, 7) is 1.35. The lowest BCUT2D eigenvalue weighted by Gasteiger charge is -2.11. The maximum atomic E-state index is 12.7. The fourth-order valence-electron chi connectivity index (χ4n) is 3.88. The molecule has 0 bridgehead atoms. The van der Waals surface area contributed by atoms with Gasteiger partial charge in [-0.05, 0) is 35.9 Å². The third-order valence-corrected chi connectivity index (χ3v) is 6.81. The number of rotatable bonds is 4. The second-order valence-electron chi connectivity index (χ2n) is 7.61. The first kappa shape index (κ1) is 20.9. The minimum atomic E-state index is -3.71. The molecule has 0 saturated heterocycles. The zero-order valence-corrected chi connectivity index (χ0v) is 18.3. The minimum absolute atomic E-state index is 0.0897. The molecule has 9 heteroatoms. The Morgan fingerprint density at radius 3 is 2.70 bits per heavy atom. The minimum Gasteiger partial charge on any atom is -0.459 e. The van der Waals surface area contributed by atoms with E-state index in [9.17, 15) is 18.0 Å². The lowest BCUT2D eigenvalue weighted by atomic mass is 10.0. The van der Waals surface area contributed by atoms with E-state index in [1.165, 1.54) is 19.1 Å². The second-order valence-corrected chi connectivity index (χ2v) is 9.26. The predicted molar refractivity (Wildman–Crippen MR) is 123 cm³/mol. The molecule has 0 spiro atoms. The molecule has 1 N–H and O–H groups in total. The maximum Gasteiger partial charge on any atom is 0.336 e. The van der Waals surface area contributed by atoms with Gasteiger partial charge in [-0.3, -0.25) is 9.71 Å². The maximum absolute atomic E-state index is 12.7. The van der Waals surface area contributed by atoms with E-state index in [1.54, 1.807) is 24.3 Å². The number of hydrogen-bond acceptors (Lipinski definition) is 7. The second kappa shape index (κ2) is 7.86. The van der Waals surface area contributed by atoms with Crippen LogP contribution in [0.5, 0.6) is 0 Å². The Hall–Kier alpha value is -3.98. The van der Waals surface area contributed by atoms with Crippen LogP contribution in [-0.4, -0.2) is 26.3 Å². The SMILES string of the molecule is C[C@@H](N=C1NS(=O)(=O)c2ccccc21)C(=O)OCc1cc(=O)oc2ccc3ccccc3c12. The van der Waals surface area contributed by atoms with Crippen molar-refractivity contribution < 1.29 is 22.4 Å². The molecule has 4 aromatic rings. The van der Waals surface area contributed by atoms with Crippen molar-refractivity contribution >= 4 is 43.6 Å². The monoisotopic (exact) mass is 462 g/mol. The highest BCUT2D eigenvalue weighted by atomic mass is 32.2. The highest BCUT2D eigenvalue weighted by molar-refractivity contribution is 7.90. The summed E-state index contributed by atoms with van der Waals surface area (Å²) in [5, 5.41) is 2.52. The Kier molecular flexibility index (Phi) is 4.98. The molecule has 8 nitrogen and oxygen atoms in total. The Labute approximate surface area is 188 Å². The highest BCUT2D eigenvalue weighted by Crippen LogP contribution is 2.28. The summed E-state index contributed by atoms with van der Waals surface area (Å²) in [6, 6.07) is 17.9. The number of carbonyl (C=O) groups excluding carboxylic acids is 1. The van der Waals surface area contributed by atoms with E-state index < -0.39 is 27.7 Å². The van der Waals surface area contributed by atoms with Gasteiger partial charge in [-0.15, -0.1) is 0 Å². The third-order valence-electron chi connectivity index (χ3n) is 5.41. The molecule has 33 heavy (non-hydrogen) atoms. The van der Waals surface area contributed by atoms with Crippen LogP contribution in [-0.2, 0) is 26.2 Å². The number of nitrogens with zero attached hydrogens (tertiary/aromatic N) is 1. The van der Waals surface area contributed by atoms with Crippen molar-refractivity contribution in [2.75, 3.05) is 0 Å². The first-order chi connectivity index (χ1) is 15.8. The molecular formula is C24H18N2O6S. The molecular weight excluding hydrogens is 444 g/mol. The fourth-order valence-corrected chi connectivity index (χ4v) is 5.12. The van der Waals surface area contributed by atoms with Crippen LogP contribution in [0.1, 0.15) is 18.1 Å². The normalized spacial score (nSPS) is 16.5.